The van der Waals surface area contributed by atoms with Gasteiger partial charge < -0.3 is 14.3 Å². The van der Waals surface area contributed by atoms with Gasteiger partial charge in [-0.1, -0.05) is 34.1 Å². The lowest BCUT2D eigenvalue weighted by atomic mass is 9.42. The van der Waals surface area contributed by atoms with Gasteiger partial charge in [0.25, 0.3) is 0 Å². The Kier molecular flexibility index (Phi) is 4.07. The minimum Gasteiger partial charge on any atom is -0.469 e. The molecule has 0 saturated heterocycles. The van der Waals surface area contributed by atoms with E-state index in [1.807, 2.05) is 6.07 Å². The summed E-state index contributed by atoms with van der Waals surface area (Å²) >= 11 is 0. The van der Waals surface area contributed by atoms with Crippen LogP contribution in [-0.2, 0) is 16.0 Å². The first-order valence-electron chi connectivity index (χ1n) is 10.1. The molecule has 4 heteroatoms. The van der Waals surface area contributed by atoms with Crippen molar-refractivity contribution in [3.05, 3.63) is 23.7 Å². The fraction of sp³-hybridized carbons (Fsp3) is 0.773. The molecule has 2 saturated carbocycles. The van der Waals surface area contributed by atoms with Crippen LogP contribution in [0.25, 0.3) is 0 Å². The lowest BCUT2D eigenvalue weighted by molar-refractivity contribution is -0.229. The third-order valence-electron chi connectivity index (χ3n) is 8.02. The highest BCUT2D eigenvalue weighted by molar-refractivity contribution is 5.66. The smallest absolute Gasteiger partial charge is 0.303 e. The van der Waals surface area contributed by atoms with Gasteiger partial charge in [-0.15, -0.1) is 0 Å². The summed E-state index contributed by atoms with van der Waals surface area (Å²) in [5.41, 5.74) is 1.28. The predicted octanol–water partition coefficient (Wildman–Crippen LogP) is 4.31. The number of ether oxygens (including phenoxy) is 1. The highest BCUT2D eigenvalue weighted by Gasteiger charge is 2.64. The first kappa shape index (κ1) is 18.1. The number of fused-ring (bicyclic) bond motifs is 4. The maximum atomic E-state index is 11.9. The molecule has 0 spiro atoms. The molecule has 0 unspecified atom stereocenters. The molecular formula is C22H32O4. The van der Waals surface area contributed by atoms with Crippen molar-refractivity contribution in [2.24, 2.45) is 28.6 Å². The minimum atomic E-state index is -0.627. The average molecular weight is 360 g/mol. The molecule has 2 fully saturated rings. The summed E-state index contributed by atoms with van der Waals surface area (Å²) < 4.78 is 11.6. The van der Waals surface area contributed by atoms with Crippen LogP contribution in [0.1, 0.15) is 71.1 Å². The maximum Gasteiger partial charge on any atom is 0.303 e. The molecule has 0 radical (unpaired) electrons. The molecule has 1 N–H and O–H groups in total. The summed E-state index contributed by atoms with van der Waals surface area (Å²) in [5, 5.41) is 11.4. The zero-order chi connectivity index (χ0) is 18.9. The Balaban J connectivity index is 1.84. The van der Waals surface area contributed by atoms with Crippen molar-refractivity contribution in [1.82, 2.24) is 0 Å². The van der Waals surface area contributed by atoms with E-state index in [9.17, 15) is 9.90 Å². The van der Waals surface area contributed by atoms with Gasteiger partial charge in [-0.3, -0.25) is 4.79 Å². The number of carbonyl (C=O) groups excluding carboxylic acids is 1. The summed E-state index contributed by atoms with van der Waals surface area (Å²) in [6.45, 7) is 10.6. The Bertz CT molecular complexity index is 705. The van der Waals surface area contributed by atoms with Gasteiger partial charge in [0.1, 0.15) is 11.9 Å². The van der Waals surface area contributed by atoms with Gasteiger partial charge in [-0.2, -0.15) is 0 Å². The predicted molar refractivity (Wildman–Crippen MR) is 98.6 cm³/mol. The molecule has 26 heavy (non-hydrogen) atoms. The highest BCUT2D eigenvalue weighted by Crippen LogP contribution is 2.65. The van der Waals surface area contributed by atoms with Gasteiger partial charge >= 0.3 is 5.97 Å². The van der Waals surface area contributed by atoms with Gasteiger partial charge in [0.15, 0.2) is 0 Å². The minimum absolute atomic E-state index is 0.0322. The van der Waals surface area contributed by atoms with E-state index >= 15 is 0 Å². The van der Waals surface area contributed by atoms with Crippen LogP contribution < -0.4 is 0 Å². The molecule has 3 aliphatic carbocycles. The number of esters is 1. The monoisotopic (exact) mass is 360 g/mol. The maximum absolute atomic E-state index is 11.9. The van der Waals surface area contributed by atoms with E-state index in [4.69, 9.17) is 9.15 Å². The van der Waals surface area contributed by atoms with E-state index in [2.05, 4.69) is 27.7 Å². The van der Waals surface area contributed by atoms with Gasteiger partial charge in [0.05, 0.1) is 12.4 Å². The van der Waals surface area contributed by atoms with Crippen molar-refractivity contribution in [1.29, 1.82) is 0 Å². The van der Waals surface area contributed by atoms with Crippen molar-refractivity contribution in [3.63, 3.8) is 0 Å². The highest BCUT2D eigenvalue weighted by atomic mass is 16.6. The van der Waals surface area contributed by atoms with Crippen molar-refractivity contribution >= 4 is 5.97 Å². The molecule has 4 nitrogen and oxygen atoms in total. The number of rotatable bonds is 1. The standard InChI is InChI=1S/C22H32O4/c1-12-14-7-10-25-16(14)11-15-17(12)18(24)19(26-13(2)23)20-21(3,4)8-6-9-22(15,20)5/h7,10,12,15,17-20,24H,6,8-9,11H2,1-5H3/t12-,15-,17-,18+,19-,20-,22+/m0/s1. The second-order valence-corrected chi connectivity index (χ2v) is 9.87. The van der Waals surface area contributed by atoms with E-state index in [0.717, 1.165) is 25.0 Å². The summed E-state index contributed by atoms with van der Waals surface area (Å²) in [7, 11) is 0. The molecule has 1 heterocycles. The van der Waals surface area contributed by atoms with Gasteiger partial charge in [0.2, 0.25) is 0 Å². The Morgan fingerprint density at radius 3 is 2.73 bits per heavy atom. The van der Waals surface area contributed by atoms with Crippen LogP contribution in [0.15, 0.2) is 16.7 Å². The Hall–Kier alpha value is -1.29. The number of aliphatic hydroxyl groups is 1. The van der Waals surface area contributed by atoms with Gasteiger partial charge in [0, 0.05) is 19.3 Å². The molecular weight excluding hydrogens is 328 g/mol. The zero-order valence-corrected chi connectivity index (χ0v) is 16.6. The molecule has 0 aliphatic heterocycles. The molecule has 144 valence electrons. The van der Waals surface area contributed by atoms with Crippen molar-refractivity contribution in [2.75, 3.05) is 0 Å². The largest absolute Gasteiger partial charge is 0.469 e. The van der Waals surface area contributed by atoms with Crippen LogP contribution in [0.5, 0.6) is 0 Å². The van der Waals surface area contributed by atoms with Gasteiger partial charge in [-0.25, -0.2) is 0 Å². The number of carbonyl (C=O) groups is 1. The van der Waals surface area contributed by atoms with E-state index in [1.54, 1.807) is 6.26 Å². The number of hydrogen-bond donors (Lipinski definition) is 1. The second kappa shape index (κ2) is 5.85. The van der Waals surface area contributed by atoms with Gasteiger partial charge in [-0.05, 0) is 53.1 Å². The van der Waals surface area contributed by atoms with Crippen LogP contribution in [0.4, 0.5) is 0 Å². The third-order valence-corrected chi connectivity index (χ3v) is 8.02. The van der Waals surface area contributed by atoms with Crippen LogP contribution in [0.2, 0.25) is 0 Å². The van der Waals surface area contributed by atoms with Crippen molar-refractivity contribution in [2.45, 2.75) is 78.4 Å². The number of furan rings is 1. The third kappa shape index (κ3) is 2.41. The zero-order valence-electron chi connectivity index (χ0n) is 16.6. The fourth-order valence-corrected chi connectivity index (χ4v) is 7.13. The molecule has 7 atom stereocenters. The Labute approximate surface area is 156 Å². The summed E-state index contributed by atoms with van der Waals surface area (Å²) in [6.07, 6.45) is 5.02. The normalized spacial score (nSPS) is 43.8. The average Bonchev–Trinajstić information content (AvgIpc) is 3.00. The van der Waals surface area contributed by atoms with E-state index in [1.165, 1.54) is 18.9 Å². The lowest BCUT2D eigenvalue weighted by Gasteiger charge is -2.64. The Morgan fingerprint density at radius 2 is 2.04 bits per heavy atom. The molecule has 4 rings (SSSR count). The lowest BCUT2D eigenvalue weighted by Crippen LogP contribution is -2.65. The van der Waals surface area contributed by atoms with E-state index < -0.39 is 12.2 Å². The van der Waals surface area contributed by atoms with Crippen molar-refractivity contribution < 1.29 is 19.1 Å². The molecule has 3 aliphatic rings. The summed E-state index contributed by atoms with van der Waals surface area (Å²) in [6, 6.07) is 2.04. The first-order valence-corrected chi connectivity index (χ1v) is 10.1. The van der Waals surface area contributed by atoms with E-state index in [-0.39, 0.29) is 34.6 Å². The molecule has 0 bridgehead atoms. The van der Waals surface area contributed by atoms with E-state index in [0.29, 0.717) is 5.92 Å². The topological polar surface area (TPSA) is 59.7 Å². The second-order valence-electron chi connectivity index (χ2n) is 9.87. The summed E-state index contributed by atoms with van der Waals surface area (Å²) in [5.74, 6) is 1.61. The Morgan fingerprint density at radius 1 is 1.31 bits per heavy atom. The first-order chi connectivity index (χ1) is 12.2. The molecule has 1 aromatic heterocycles. The molecule has 1 aromatic rings. The van der Waals surface area contributed by atoms with Crippen LogP contribution in [0, 0.1) is 28.6 Å². The number of hydrogen-bond acceptors (Lipinski definition) is 4. The molecule has 0 amide bonds. The number of aliphatic hydroxyl groups excluding tert-OH is 1. The van der Waals surface area contributed by atoms with Crippen molar-refractivity contribution in [3.8, 4) is 0 Å². The summed E-state index contributed by atoms with van der Waals surface area (Å²) in [4.78, 5) is 11.9. The quantitative estimate of drug-likeness (QED) is 0.758. The molecule has 0 aromatic carbocycles. The SMILES string of the molecule is CC(=O)O[C@H]1[C@H](O)[C@H]2[C@@H](C)c3ccoc3C[C@@H]2[C@@]2(C)CCCC(C)(C)[C@H]12. The fourth-order valence-electron chi connectivity index (χ4n) is 7.13. The van der Waals surface area contributed by atoms with Crippen LogP contribution in [0.3, 0.4) is 0 Å². The van der Waals surface area contributed by atoms with Crippen LogP contribution in [-0.4, -0.2) is 23.3 Å². The van der Waals surface area contributed by atoms with Crippen LogP contribution >= 0.6 is 0 Å².